The first-order chi connectivity index (χ1) is 8.24. The number of nitrogens with zero attached hydrogens (tertiary/aromatic N) is 1. The maximum Gasteiger partial charge on any atom is 0.0364 e. The number of likely N-dealkylation sites (N-methyl/N-ethyl adjacent to an activating group) is 2. The topological polar surface area (TPSA) is 15.3 Å². The van der Waals surface area contributed by atoms with Crippen LogP contribution in [0.2, 0.25) is 0 Å². The van der Waals surface area contributed by atoms with E-state index in [2.05, 4.69) is 58.9 Å². The Hall–Kier alpha value is -0.0800. The molecule has 18 heavy (non-hydrogen) atoms. The second-order valence-corrected chi connectivity index (χ2v) is 7.56. The van der Waals surface area contributed by atoms with Gasteiger partial charge in [0.2, 0.25) is 0 Å². The first-order valence-electron chi connectivity index (χ1n) is 7.65. The van der Waals surface area contributed by atoms with E-state index in [1.807, 2.05) is 0 Å². The fourth-order valence-electron chi connectivity index (χ4n) is 4.00. The summed E-state index contributed by atoms with van der Waals surface area (Å²) in [5, 5.41) is 3.79. The first-order valence-corrected chi connectivity index (χ1v) is 7.65. The van der Waals surface area contributed by atoms with Crippen molar-refractivity contribution in [2.24, 2.45) is 11.3 Å². The van der Waals surface area contributed by atoms with Crippen molar-refractivity contribution in [1.82, 2.24) is 10.2 Å². The van der Waals surface area contributed by atoms with Gasteiger partial charge >= 0.3 is 0 Å². The molecule has 0 radical (unpaired) electrons. The van der Waals surface area contributed by atoms with E-state index in [-0.39, 0.29) is 0 Å². The van der Waals surface area contributed by atoms with Crippen LogP contribution in [-0.4, -0.2) is 37.1 Å². The molecule has 0 aliphatic heterocycles. The molecule has 2 heteroatoms. The highest BCUT2D eigenvalue weighted by Crippen LogP contribution is 2.43. The van der Waals surface area contributed by atoms with E-state index >= 15 is 0 Å². The van der Waals surface area contributed by atoms with Crippen LogP contribution < -0.4 is 5.32 Å². The average molecular weight is 254 g/mol. The number of hydrogen-bond acceptors (Lipinski definition) is 2. The lowest BCUT2D eigenvalue weighted by atomic mass is 9.64. The average Bonchev–Trinajstić information content (AvgIpc) is 2.23. The number of nitrogens with one attached hydrogen (secondary N) is 1. The molecule has 1 saturated carbocycles. The second-order valence-electron chi connectivity index (χ2n) is 7.56. The van der Waals surface area contributed by atoms with Crippen LogP contribution in [0.15, 0.2) is 0 Å². The summed E-state index contributed by atoms with van der Waals surface area (Å²) >= 11 is 0. The van der Waals surface area contributed by atoms with E-state index in [9.17, 15) is 0 Å². The summed E-state index contributed by atoms with van der Waals surface area (Å²) in [6.45, 7) is 12.9. The Morgan fingerprint density at radius 1 is 1.33 bits per heavy atom. The monoisotopic (exact) mass is 254 g/mol. The molecule has 3 atom stereocenters. The van der Waals surface area contributed by atoms with Crippen LogP contribution in [0, 0.1) is 11.3 Å². The zero-order chi connectivity index (χ0) is 14.0. The van der Waals surface area contributed by atoms with Gasteiger partial charge in [0.15, 0.2) is 0 Å². The molecule has 0 heterocycles. The van der Waals surface area contributed by atoms with Crippen molar-refractivity contribution in [3.8, 4) is 0 Å². The van der Waals surface area contributed by atoms with Gasteiger partial charge < -0.3 is 10.2 Å². The van der Waals surface area contributed by atoms with Crippen LogP contribution in [0.4, 0.5) is 0 Å². The van der Waals surface area contributed by atoms with Crippen LogP contribution in [0.1, 0.15) is 60.3 Å². The van der Waals surface area contributed by atoms with Gasteiger partial charge in [0.25, 0.3) is 0 Å². The lowest BCUT2D eigenvalue weighted by molar-refractivity contribution is -0.00196. The lowest BCUT2D eigenvalue weighted by Gasteiger charge is -2.54. The largest absolute Gasteiger partial charge is 0.312 e. The minimum absolute atomic E-state index is 0.303. The molecule has 1 aliphatic rings. The molecule has 0 aromatic heterocycles. The standard InChI is InChI=1S/C16H34N2/c1-8-17-14(15(3,4)5)16(18(6)7)11-9-10-13(2)12-16/h13-14,17H,8-12H2,1-7H3. The first kappa shape index (κ1) is 16.0. The van der Waals surface area contributed by atoms with Crippen LogP contribution in [0.25, 0.3) is 0 Å². The van der Waals surface area contributed by atoms with Crippen LogP contribution >= 0.6 is 0 Å². The molecule has 1 aliphatic carbocycles. The fraction of sp³-hybridized carbons (Fsp3) is 1.00. The molecule has 2 nitrogen and oxygen atoms in total. The molecule has 1 N–H and O–H groups in total. The summed E-state index contributed by atoms with van der Waals surface area (Å²) < 4.78 is 0. The predicted molar refractivity (Wildman–Crippen MR) is 81.0 cm³/mol. The van der Waals surface area contributed by atoms with Gasteiger partial charge in [-0.1, -0.05) is 47.5 Å². The zero-order valence-electron chi connectivity index (χ0n) is 13.6. The van der Waals surface area contributed by atoms with E-state index < -0.39 is 0 Å². The van der Waals surface area contributed by atoms with Crippen molar-refractivity contribution < 1.29 is 0 Å². The summed E-state index contributed by atoms with van der Waals surface area (Å²) in [5.74, 6) is 0.852. The van der Waals surface area contributed by atoms with Crippen molar-refractivity contribution in [1.29, 1.82) is 0 Å². The van der Waals surface area contributed by atoms with E-state index in [1.165, 1.54) is 25.7 Å². The maximum absolute atomic E-state index is 3.79. The SMILES string of the molecule is CCNC(C(C)(C)C)C1(N(C)C)CCCC(C)C1. The van der Waals surface area contributed by atoms with Crippen molar-refractivity contribution in [2.45, 2.75) is 71.9 Å². The third-order valence-electron chi connectivity index (χ3n) is 4.71. The van der Waals surface area contributed by atoms with Crippen molar-refractivity contribution >= 4 is 0 Å². The van der Waals surface area contributed by atoms with Gasteiger partial charge in [-0.15, -0.1) is 0 Å². The smallest absolute Gasteiger partial charge is 0.0364 e. The molecule has 0 bridgehead atoms. The fourth-order valence-corrected chi connectivity index (χ4v) is 4.00. The van der Waals surface area contributed by atoms with Crippen molar-refractivity contribution in [2.75, 3.05) is 20.6 Å². The Bertz CT molecular complexity index is 254. The second kappa shape index (κ2) is 5.92. The van der Waals surface area contributed by atoms with Crippen molar-refractivity contribution in [3.05, 3.63) is 0 Å². The molecule has 0 aromatic rings. The third kappa shape index (κ3) is 3.27. The van der Waals surface area contributed by atoms with E-state index in [0.717, 1.165) is 12.5 Å². The molecule has 0 amide bonds. The van der Waals surface area contributed by atoms with Gasteiger partial charge in [0, 0.05) is 11.6 Å². The van der Waals surface area contributed by atoms with Gasteiger partial charge in [-0.25, -0.2) is 0 Å². The molecule has 1 fully saturated rings. The number of hydrogen-bond donors (Lipinski definition) is 1. The minimum Gasteiger partial charge on any atom is -0.312 e. The van der Waals surface area contributed by atoms with E-state index in [0.29, 0.717) is 17.0 Å². The Morgan fingerprint density at radius 3 is 2.33 bits per heavy atom. The van der Waals surface area contributed by atoms with E-state index in [1.54, 1.807) is 0 Å². The van der Waals surface area contributed by atoms with Crippen LogP contribution in [0.3, 0.4) is 0 Å². The summed E-state index contributed by atoms with van der Waals surface area (Å²) in [5.41, 5.74) is 0.628. The summed E-state index contributed by atoms with van der Waals surface area (Å²) in [7, 11) is 4.54. The summed E-state index contributed by atoms with van der Waals surface area (Å²) in [6, 6.07) is 0.563. The summed E-state index contributed by atoms with van der Waals surface area (Å²) in [6.07, 6.45) is 5.43. The predicted octanol–water partition coefficient (Wildman–Crippen LogP) is 3.52. The third-order valence-corrected chi connectivity index (χ3v) is 4.71. The Morgan fingerprint density at radius 2 is 1.94 bits per heavy atom. The van der Waals surface area contributed by atoms with E-state index in [4.69, 9.17) is 0 Å². The highest BCUT2D eigenvalue weighted by atomic mass is 15.2. The molecular weight excluding hydrogens is 220 g/mol. The molecule has 1 rings (SSSR count). The van der Waals surface area contributed by atoms with Gasteiger partial charge in [-0.2, -0.15) is 0 Å². The normalized spacial score (nSPS) is 31.7. The Labute approximate surface area is 115 Å². The van der Waals surface area contributed by atoms with Gasteiger partial charge in [-0.05, 0) is 44.8 Å². The molecule has 0 saturated heterocycles. The lowest BCUT2D eigenvalue weighted by Crippen LogP contribution is -2.65. The van der Waals surface area contributed by atoms with Gasteiger partial charge in [0.1, 0.15) is 0 Å². The van der Waals surface area contributed by atoms with Crippen molar-refractivity contribution in [3.63, 3.8) is 0 Å². The molecule has 108 valence electrons. The Balaban J connectivity index is 3.06. The van der Waals surface area contributed by atoms with Gasteiger partial charge in [0.05, 0.1) is 0 Å². The molecular formula is C16H34N2. The Kier molecular flexibility index (Phi) is 5.25. The molecule has 0 aromatic carbocycles. The quantitative estimate of drug-likeness (QED) is 0.826. The zero-order valence-corrected chi connectivity index (χ0v) is 13.6. The number of rotatable bonds is 4. The highest BCUT2D eigenvalue weighted by Gasteiger charge is 2.47. The molecule has 0 spiro atoms. The van der Waals surface area contributed by atoms with Crippen LogP contribution in [0.5, 0.6) is 0 Å². The van der Waals surface area contributed by atoms with Gasteiger partial charge in [-0.3, -0.25) is 0 Å². The van der Waals surface area contributed by atoms with Crippen LogP contribution in [-0.2, 0) is 0 Å². The molecule has 3 unspecified atom stereocenters. The maximum atomic E-state index is 3.79. The minimum atomic E-state index is 0.303. The highest BCUT2D eigenvalue weighted by molar-refractivity contribution is 5.06. The summed E-state index contributed by atoms with van der Waals surface area (Å²) in [4.78, 5) is 2.50.